The highest BCUT2D eigenvalue weighted by Crippen LogP contribution is 2.20. The summed E-state index contributed by atoms with van der Waals surface area (Å²) < 4.78 is 16.4. The van der Waals surface area contributed by atoms with E-state index in [1.807, 2.05) is 32.0 Å². The van der Waals surface area contributed by atoms with Gasteiger partial charge in [0.1, 0.15) is 17.2 Å². The number of ether oxygens (including phenoxy) is 3. The molecule has 128 valence electrons. The maximum atomic E-state index is 12.3. The molecule has 0 radical (unpaired) electrons. The molecule has 1 atom stereocenters. The molecule has 0 aliphatic rings. The first-order valence-electron chi connectivity index (χ1n) is 7.86. The topological polar surface area (TPSA) is 56.8 Å². The maximum absolute atomic E-state index is 12.3. The van der Waals surface area contributed by atoms with Crippen molar-refractivity contribution in [2.75, 3.05) is 12.4 Å². The Morgan fingerprint density at radius 3 is 2.21 bits per heavy atom. The zero-order chi connectivity index (χ0) is 17.5. The molecule has 0 saturated heterocycles. The lowest BCUT2D eigenvalue weighted by Crippen LogP contribution is -2.30. The van der Waals surface area contributed by atoms with Gasteiger partial charge in [0.25, 0.3) is 5.91 Å². The van der Waals surface area contributed by atoms with Crippen molar-refractivity contribution < 1.29 is 19.0 Å². The number of hydrogen-bond donors (Lipinski definition) is 1. The number of benzene rings is 2. The predicted octanol–water partition coefficient (Wildman–Crippen LogP) is 3.89. The van der Waals surface area contributed by atoms with Crippen LogP contribution in [0.5, 0.6) is 17.2 Å². The number of methoxy groups -OCH3 is 1. The summed E-state index contributed by atoms with van der Waals surface area (Å²) in [6.45, 7) is 5.61. The molecule has 1 amide bonds. The molecule has 1 unspecified atom stereocenters. The highest BCUT2D eigenvalue weighted by molar-refractivity contribution is 5.94. The fourth-order valence-electron chi connectivity index (χ4n) is 2.08. The number of amides is 1. The standard InChI is InChI=1S/C19H23NO4/c1-13(2)23-18-7-5-6-15(12-18)20-19(21)14(3)24-17-10-8-16(22-4)9-11-17/h5-14H,1-4H3,(H,20,21). The van der Waals surface area contributed by atoms with Gasteiger partial charge in [-0.25, -0.2) is 0 Å². The Kier molecular flexibility index (Phi) is 6.07. The molecule has 24 heavy (non-hydrogen) atoms. The molecule has 0 aliphatic heterocycles. The summed E-state index contributed by atoms with van der Waals surface area (Å²) in [5.74, 6) is 1.83. The number of carbonyl (C=O) groups excluding carboxylic acids is 1. The van der Waals surface area contributed by atoms with E-state index in [1.165, 1.54) is 0 Å². The molecule has 2 aromatic carbocycles. The van der Waals surface area contributed by atoms with E-state index in [0.29, 0.717) is 17.2 Å². The third-order valence-corrected chi connectivity index (χ3v) is 3.21. The van der Waals surface area contributed by atoms with Crippen molar-refractivity contribution in [3.63, 3.8) is 0 Å². The molecular weight excluding hydrogens is 306 g/mol. The molecule has 0 saturated carbocycles. The summed E-state index contributed by atoms with van der Waals surface area (Å²) >= 11 is 0. The van der Waals surface area contributed by atoms with Crippen LogP contribution in [0.15, 0.2) is 48.5 Å². The maximum Gasteiger partial charge on any atom is 0.265 e. The zero-order valence-corrected chi connectivity index (χ0v) is 14.4. The molecular formula is C19H23NO4. The average molecular weight is 329 g/mol. The van der Waals surface area contributed by atoms with Crippen LogP contribution in [-0.2, 0) is 4.79 Å². The second-order valence-corrected chi connectivity index (χ2v) is 5.62. The van der Waals surface area contributed by atoms with Crippen molar-refractivity contribution in [2.45, 2.75) is 33.0 Å². The lowest BCUT2D eigenvalue weighted by molar-refractivity contribution is -0.122. The lowest BCUT2D eigenvalue weighted by atomic mass is 10.2. The average Bonchev–Trinajstić information content (AvgIpc) is 2.55. The number of nitrogens with one attached hydrogen (secondary N) is 1. The quantitative estimate of drug-likeness (QED) is 0.837. The molecule has 2 rings (SSSR count). The van der Waals surface area contributed by atoms with Crippen molar-refractivity contribution in [1.29, 1.82) is 0 Å². The van der Waals surface area contributed by atoms with Gasteiger partial charge in [-0.2, -0.15) is 0 Å². The molecule has 0 aromatic heterocycles. The van der Waals surface area contributed by atoms with Crippen LogP contribution in [0, 0.1) is 0 Å². The van der Waals surface area contributed by atoms with Gasteiger partial charge in [-0.3, -0.25) is 4.79 Å². The number of anilines is 1. The first-order valence-corrected chi connectivity index (χ1v) is 7.86. The highest BCUT2D eigenvalue weighted by atomic mass is 16.5. The van der Waals surface area contributed by atoms with Crippen molar-refractivity contribution in [3.8, 4) is 17.2 Å². The van der Waals surface area contributed by atoms with Crippen molar-refractivity contribution in [2.24, 2.45) is 0 Å². The van der Waals surface area contributed by atoms with Gasteiger partial charge in [-0.05, 0) is 57.2 Å². The smallest absolute Gasteiger partial charge is 0.265 e. The van der Waals surface area contributed by atoms with E-state index in [0.717, 1.165) is 5.75 Å². The largest absolute Gasteiger partial charge is 0.497 e. The van der Waals surface area contributed by atoms with Crippen molar-refractivity contribution in [1.82, 2.24) is 0 Å². The summed E-state index contributed by atoms with van der Waals surface area (Å²) in [7, 11) is 1.60. The van der Waals surface area contributed by atoms with Crippen molar-refractivity contribution >= 4 is 11.6 Å². The van der Waals surface area contributed by atoms with Gasteiger partial charge in [0.2, 0.25) is 0 Å². The summed E-state index contributed by atoms with van der Waals surface area (Å²) in [4.78, 5) is 12.3. The Hall–Kier alpha value is -2.69. The zero-order valence-electron chi connectivity index (χ0n) is 14.4. The molecule has 0 aliphatic carbocycles. The summed E-state index contributed by atoms with van der Waals surface area (Å²) in [5.41, 5.74) is 0.670. The van der Waals surface area contributed by atoms with Crippen LogP contribution in [0.2, 0.25) is 0 Å². The minimum absolute atomic E-state index is 0.0771. The molecule has 0 bridgehead atoms. The van der Waals surface area contributed by atoms with E-state index in [1.54, 1.807) is 44.4 Å². The van der Waals surface area contributed by atoms with Crippen LogP contribution >= 0.6 is 0 Å². The van der Waals surface area contributed by atoms with E-state index < -0.39 is 6.10 Å². The Bertz CT molecular complexity index is 667. The molecule has 5 nitrogen and oxygen atoms in total. The third-order valence-electron chi connectivity index (χ3n) is 3.21. The minimum Gasteiger partial charge on any atom is -0.497 e. The molecule has 5 heteroatoms. The third kappa shape index (κ3) is 5.19. The van der Waals surface area contributed by atoms with Crippen LogP contribution < -0.4 is 19.5 Å². The van der Waals surface area contributed by atoms with Crippen LogP contribution in [0.3, 0.4) is 0 Å². The SMILES string of the molecule is COc1ccc(OC(C)C(=O)Nc2cccc(OC(C)C)c2)cc1. The molecule has 0 fully saturated rings. The normalized spacial score (nSPS) is 11.7. The van der Waals surface area contributed by atoms with E-state index in [9.17, 15) is 4.79 Å². The second kappa shape index (κ2) is 8.24. The van der Waals surface area contributed by atoms with Crippen LogP contribution in [0.4, 0.5) is 5.69 Å². The Morgan fingerprint density at radius 2 is 1.58 bits per heavy atom. The Morgan fingerprint density at radius 1 is 0.917 bits per heavy atom. The van der Waals surface area contributed by atoms with E-state index in [4.69, 9.17) is 14.2 Å². The molecule has 2 aromatic rings. The minimum atomic E-state index is -0.631. The van der Waals surface area contributed by atoms with Gasteiger partial charge in [0, 0.05) is 11.8 Å². The van der Waals surface area contributed by atoms with Gasteiger partial charge in [-0.15, -0.1) is 0 Å². The van der Waals surface area contributed by atoms with Gasteiger partial charge < -0.3 is 19.5 Å². The monoisotopic (exact) mass is 329 g/mol. The number of rotatable bonds is 7. The van der Waals surface area contributed by atoms with Crippen LogP contribution in [0.1, 0.15) is 20.8 Å². The summed E-state index contributed by atoms with van der Waals surface area (Å²) in [5, 5.41) is 2.83. The molecule has 0 heterocycles. The summed E-state index contributed by atoms with van der Waals surface area (Å²) in [6, 6.07) is 14.4. The van der Waals surface area contributed by atoms with Gasteiger partial charge >= 0.3 is 0 Å². The first kappa shape index (κ1) is 17.7. The van der Waals surface area contributed by atoms with Gasteiger partial charge in [0.05, 0.1) is 13.2 Å². The molecule has 0 spiro atoms. The Balaban J connectivity index is 1.95. The highest BCUT2D eigenvalue weighted by Gasteiger charge is 2.15. The summed E-state index contributed by atoms with van der Waals surface area (Å²) in [6.07, 6.45) is -0.554. The van der Waals surface area contributed by atoms with Crippen molar-refractivity contribution in [3.05, 3.63) is 48.5 Å². The fourth-order valence-corrected chi connectivity index (χ4v) is 2.08. The first-order chi connectivity index (χ1) is 11.5. The van der Waals surface area contributed by atoms with Crippen LogP contribution in [-0.4, -0.2) is 25.2 Å². The lowest BCUT2D eigenvalue weighted by Gasteiger charge is -2.16. The van der Waals surface area contributed by atoms with Gasteiger partial charge in [-0.1, -0.05) is 6.07 Å². The number of carbonyl (C=O) groups is 1. The van der Waals surface area contributed by atoms with Gasteiger partial charge in [0.15, 0.2) is 6.10 Å². The Labute approximate surface area is 142 Å². The van der Waals surface area contributed by atoms with Crippen LogP contribution in [0.25, 0.3) is 0 Å². The molecule has 1 N–H and O–H groups in total. The van der Waals surface area contributed by atoms with E-state index in [-0.39, 0.29) is 12.0 Å². The van der Waals surface area contributed by atoms with E-state index in [2.05, 4.69) is 5.32 Å². The fraction of sp³-hybridized carbons (Fsp3) is 0.316. The predicted molar refractivity (Wildman–Crippen MR) is 93.9 cm³/mol. The van der Waals surface area contributed by atoms with E-state index >= 15 is 0 Å². The number of hydrogen-bond acceptors (Lipinski definition) is 4. The second-order valence-electron chi connectivity index (χ2n) is 5.62.